The average molecular weight is 618 g/mol. The smallest absolute Gasteiger partial charge is 0.244 e. The van der Waals surface area contributed by atoms with Crippen LogP contribution in [0.2, 0.25) is 25.1 Å². The fourth-order valence-electron chi connectivity index (χ4n) is 3.17. The third-order valence-electron chi connectivity index (χ3n) is 5.13. The van der Waals surface area contributed by atoms with Crippen LogP contribution in [0.4, 0.5) is 5.69 Å². The van der Waals surface area contributed by atoms with Gasteiger partial charge in [0.2, 0.25) is 21.8 Å². The van der Waals surface area contributed by atoms with Crippen molar-refractivity contribution in [3.8, 4) is 0 Å². The van der Waals surface area contributed by atoms with E-state index in [0.29, 0.717) is 17.1 Å². The standard InChI is InChI=1S/C23H26Cl5N3O4S/c1-13(2)10-29-23(33)14(3)30(11-15-5-6-16(24)17(25)7-15)22(32)12-31(36(4,34)35)21-9-19(27)18(26)8-20(21)28/h5-9,13-14H,10-12H2,1-4H3,(H,29,33)/t14-/m0/s1. The number of hydrogen-bond donors (Lipinski definition) is 1. The number of carbonyl (C=O) groups excluding carboxylic acids is 2. The van der Waals surface area contributed by atoms with E-state index in [2.05, 4.69) is 5.32 Å². The van der Waals surface area contributed by atoms with Crippen LogP contribution in [0.1, 0.15) is 26.3 Å². The van der Waals surface area contributed by atoms with Crippen LogP contribution in [0.3, 0.4) is 0 Å². The quantitative estimate of drug-likeness (QED) is 0.336. The van der Waals surface area contributed by atoms with Gasteiger partial charge in [0.05, 0.1) is 37.1 Å². The lowest BCUT2D eigenvalue weighted by molar-refractivity contribution is -0.139. The molecular weight excluding hydrogens is 592 g/mol. The molecule has 1 N–H and O–H groups in total. The third-order valence-corrected chi connectivity index (χ3v) is 8.02. The van der Waals surface area contributed by atoms with Gasteiger partial charge in [0, 0.05) is 13.1 Å². The first kappa shape index (κ1) is 30.8. The van der Waals surface area contributed by atoms with Crippen molar-refractivity contribution in [2.24, 2.45) is 5.92 Å². The number of hydrogen-bond acceptors (Lipinski definition) is 4. The summed E-state index contributed by atoms with van der Waals surface area (Å²) in [6, 6.07) is 6.44. The second kappa shape index (κ2) is 12.9. The van der Waals surface area contributed by atoms with Gasteiger partial charge in [0.15, 0.2) is 0 Å². The number of anilines is 1. The fraction of sp³-hybridized carbons (Fsp3) is 0.391. The molecule has 2 amide bonds. The largest absolute Gasteiger partial charge is 0.354 e. The van der Waals surface area contributed by atoms with Crippen LogP contribution in [-0.2, 0) is 26.2 Å². The Hall–Kier alpha value is -1.42. The van der Waals surface area contributed by atoms with Crippen molar-refractivity contribution in [1.82, 2.24) is 10.2 Å². The topological polar surface area (TPSA) is 86.8 Å². The highest BCUT2D eigenvalue weighted by Crippen LogP contribution is 2.35. The summed E-state index contributed by atoms with van der Waals surface area (Å²) in [5, 5.41) is 3.58. The lowest BCUT2D eigenvalue weighted by Crippen LogP contribution is -2.51. The molecule has 2 rings (SSSR count). The minimum Gasteiger partial charge on any atom is -0.354 e. The number of nitrogens with one attached hydrogen (secondary N) is 1. The zero-order valence-electron chi connectivity index (χ0n) is 20.0. The summed E-state index contributed by atoms with van der Waals surface area (Å²) in [6.45, 7) is 5.18. The zero-order valence-corrected chi connectivity index (χ0v) is 24.6. The molecule has 0 spiro atoms. The molecule has 36 heavy (non-hydrogen) atoms. The van der Waals surface area contributed by atoms with E-state index in [-0.39, 0.29) is 38.2 Å². The van der Waals surface area contributed by atoms with Gasteiger partial charge in [0.25, 0.3) is 0 Å². The summed E-state index contributed by atoms with van der Waals surface area (Å²) >= 11 is 30.4. The van der Waals surface area contributed by atoms with Crippen molar-refractivity contribution >= 4 is 85.5 Å². The molecule has 0 fully saturated rings. The summed E-state index contributed by atoms with van der Waals surface area (Å²) in [5.74, 6) is -0.852. The molecule has 0 aliphatic heterocycles. The van der Waals surface area contributed by atoms with E-state index in [0.717, 1.165) is 10.6 Å². The van der Waals surface area contributed by atoms with Crippen molar-refractivity contribution in [2.45, 2.75) is 33.4 Å². The molecular formula is C23H26Cl5N3O4S. The highest BCUT2D eigenvalue weighted by atomic mass is 35.5. The number of amides is 2. The van der Waals surface area contributed by atoms with Crippen LogP contribution >= 0.6 is 58.0 Å². The molecule has 0 aromatic heterocycles. The summed E-state index contributed by atoms with van der Waals surface area (Å²) in [5.41, 5.74) is 0.577. The Labute approximate surface area is 236 Å². The molecule has 0 saturated heterocycles. The maximum Gasteiger partial charge on any atom is 0.244 e. The average Bonchev–Trinajstić information content (AvgIpc) is 2.77. The van der Waals surface area contributed by atoms with Crippen LogP contribution in [0, 0.1) is 5.92 Å². The van der Waals surface area contributed by atoms with Crippen molar-refractivity contribution < 1.29 is 18.0 Å². The van der Waals surface area contributed by atoms with Crippen LogP contribution in [-0.4, -0.2) is 50.5 Å². The molecule has 0 unspecified atom stereocenters. The molecule has 198 valence electrons. The predicted molar refractivity (Wildman–Crippen MR) is 148 cm³/mol. The van der Waals surface area contributed by atoms with Gasteiger partial charge in [-0.05, 0) is 42.7 Å². The van der Waals surface area contributed by atoms with Gasteiger partial charge in [-0.25, -0.2) is 8.42 Å². The number of carbonyl (C=O) groups is 2. The van der Waals surface area contributed by atoms with Gasteiger partial charge >= 0.3 is 0 Å². The molecule has 0 radical (unpaired) electrons. The monoisotopic (exact) mass is 615 g/mol. The van der Waals surface area contributed by atoms with Gasteiger partial charge in [-0.1, -0.05) is 77.9 Å². The van der Waals surface area contributed by atoms with Crippen LogP contribution in [0.25, 0.3) is 0 Å². The Morgan fingerprint density at radius 3 is 2.03 bits per heavy atom. The Kier molecular flexibility index (Phi) is 11.0. The van der Waals surface area contributed by atoms with E-state index in [4.69, 9.17) is 58.0 Å². The molecule has 0 bridgehead atoms. The highest BCUT2D eigenvalue weighted by Gasteiger charge is 2.31. The molecule has 13 heteroatoms. The molecule has 7 nitrogen and oxygen atoms in total. The second-order valence-electron chi connectivity index (χ2n) is 8.57. The molecule has 1 atom stereocenters. The van der Waals surface area contributed by atoms with Gasteiger partial charge < -0.3 is 10.2 Å². The van der Waals surface area contributed by atoms with E-state index in [9.17, 15) is 18.0 Å². The van der Waals surface area contributed by atoms with Crippen molar-refractivity contribution in [1.29, 1.82) is 0 Å². The first-order valence-corrected chi connectivity index (χ1v) is 14.5. The number of sulfonamides is 1. The summed E-state index contributed by atoms with van der Waals surface area (Å²) in [6.07, 6.45) is 0.932. The van der Waals surface area contributed by atoms with E-state index in [1.165, 1.54) is 17.0 Å². The highest BCUT2D eigenvalue weighted by molar-refractivity contribution is 7.92. The van der Waals surface area contributed by atoms with E-state index in [1.54, 1.807) is 25.1 Å². The Morgan fingerprint density at radius 2 is 1.47 bits per heavy atom. The maximum absolute atomic E-state index is 13.6. The molecule has 0 saturated carbocycles. The number of nitrogens with zero attached hydrogens (tertiary/aromatic N) is 2. The SMILES string of the molecule is CC(C)CNC(=O)[C@H](C)N(Cc1ccc(Cl)c(Cl)c1)C(=O)CN(c1cc(Cl)c(Cl)cc1Cl)S(C)(=O)=O. The Morgan fingerprint density at radius 1 is 0.889 bits per heavy atom. The lowest BCUT2D eigenvalue weighted by atomic mass is 10.1. The second-order valence-corrected chi connectivity index (χ2v) is 12.5. The Bertz CT molecular complexity index is 1240. The van der Waals surface area contributed by atoms with Crippen LogP contribution in [0.5, 0.6) is 0 Å². The molecule has 0 aliphatic rings. The summed E-state index contributed by atoms with van der Waals surface area (Å²) in [7, 11) is -3.99. The summed E-state index contributed by atoms with van der Waals surface area (Å²) in [4.78, 5) is 27.7. The third kappa shape index (κ3) is 8.30. The molecule has 0 heterocycles. The minimum absolute atomic E-state index is 0.0126. The maximum atomic E-state index is 13.6. The van der Waals surface area contributed by atoms with Crippen molar-refractivity contribution in [3.05, 3.63) is 61.0 Å². The molecule has 2 aromatic rings. The summed E-state index contributed by atoms with van der Waals surface area (Å²) < 4.78 is 26.2. The van der Waals surface area contributed by atoms with E-state index in [1.807, 2.05) is 13.8 Å². The van der Waals surface area contributed by atoms with Crippen molar-refractivity contribution in [2.75, 3.05) is 23.7 Å². The normalized spacial score (nSPS) is 12.4. The zero-order chi connectivity index (χ0) is 27.4. The number of halogens is 5. The minimum atomic E-state index is -3.99. The molecule has 0 aliphatic carbocycles. The fourth-order valence-corrected chi connectivity index (χ4v) is 5.03. The number of benzene rings is 2. The first-order valence-electron chi connectivity index (χ1n) is 10.7. The van der Waals surface area contributed by atoms with Gasteiger partial charge in [0.1, 0.15) is 12.6 Å². The van der Waals surface area contributed by atoms with Gasteiger partial charge in [-0.3, -0.25) is 13.9 Å². The van der Waals surface area contributed by atoms with Crippen LogP contribution < -0.4 is 9.62 Å². The number of rotatable bonds is 10. The lowest BCUT2D eigenvalue weighted by Gasteiger charge is -2.32. The van der Waals surface area contributed by atoms with Gasteiger partial charge in [-0.2, -0.15) is 0 Å². The van der Waals surface area contributed by atoms with Crippen molar-refractivity contribution in [3.63, 3.8) is 0 Å². The van der Waals surface area contributed by atoms with Gasteiger partial charge in [-0.15, -0.1) is 0 Å². The Balaban J connectivity index is 2.46. The van der Waals surface area contributed by atoms with Crippen LogP contribution in [0.15, 0.2) is 30.3 Å². The molecule has 2 aromatic carbocycles. The predicted octanol–water partition coefficient (Wildman–Crippen LogP) is 5.91. The van der Waals surface area contributed by atoms with E-state index >= 15 is 0 Å². The first-order chi connectivity index (χ1) is 16.6. The van der Waals surface area contributed by atoms with E-state index < -0.39 is 34.4 Å².